The Hall–Kier alpha value is -5.86. The first-order valence-electron chi connectivity index (χ1n) is 20.7. The first-order chi connectivity index (χ1) is 30.5. The molecule has 2 fully saturated rings. The molecule has 0 bridgehead atoms. The number of pyridine rings is 2. The summed E-state index contributed by atoms with van der Waals surface area (Å²) in [7, 11) is 3.28. The van der Waals surface area contributed by atoms with Gasteiger partial charge in [0.1, 0.15) is 35.1 Å². The highest BCUT2D eigenvalue weighted by Gasteiger charge is 2.79. The lowest BCUT2D eigenvalue weighted by Crippen LogP contribution is -2.52. The van der Waals surface area contributed by atoms with Gasteiger partial charge in [-0.25, -0.2) is 0 Å². The number of carbonyl (C=O) groups is 2. The molecular formula is C50H45Cl2N3O9. The molecule has 2 aliphatic heterocycles. The Bertz CT molecular complexity index is 2760. The van der Waals surface area contributed by atoms with Crippen LogP contribution in [-0.4, -0.2) is 78.6 Å². The Morgan fingerprint density at radius 1 is 0.609 bits per heavy atom. The number of aryl methyl sites for hydroxylation is 2. The number of ether oxygens (including phenoxy) is 2. The van der Waals surface area contributed by atoms with Gasteiger partial charge in [-0.15, -0.1) is 0 Å². The van der Waals surface area contributed by atoms with Crippen LogP contribution in [0.5, 0.6) is 11.5 Å². The second-order valence-corrected chi connectivity index (χ2v) is 18.1. The second kappa shape index (κ2) is 15.7. The van der Waals surface area contributed by atoms with Crippen molar-refractivity contribution in [3.8, 4) is 11.5 Å². The van der Waals surface area contributed by atoms with Crippen LogP contribution in [0.15, 0.2) is 134 Å². The van der Waals surface area contributed by atoms with Crippen molar-refractivity contribution in [1.82, 2.24) is 14.9 Å². The van der Waals surface area contributed by atoms with Crippen LogP contribution in [0.1, 0.15) is 56.6 Å². The molecule has 4 aliphatic rings. The van der Waals surface area contributed by atoms with Gasteiger partial charge < -0.3 is 39.9 Å². The summed E-state index contributed by atoms with van der Waals surface area (Å²) < 4.78 is 13.0. The Kier molecular flexibility index (Phi) is 10.6. The lowest BCUT2D eigenvalue weighted by molar-refractivity contribution is -0.160. The number of hydrogen-bond donors (Lipinski definition) is 5. The van der Waals surface area contributed by atoms with E-state index in [-0.39, 0.29) is 23.0 Å². The highest BCUT2D eigenvalue weighted by Crippen LogP contribution is 2.69. The second-order valence-electron chi connectivity index (χ2n) is 17.2. The molecule has 14 heteroatoms. The summed E-state index contributed by atoms with van der Waals surface area (Å²) in [6, 6.07) is 36.4. The number of amides is 1. The van der Waals surface area contributed by atoms with Crippen molar-refractivity contribution >= 4 is 35.1 Å². The number of aliphatic hydroxyl groups is 4. The van der Waals surface area contributed by atoms with Crippen molar-refractivity contribution in [2.75, 3.05) is 14.1 Å². The van der Waals surface area contributed by atoms with Crippen molar-refractivity contribution in [3.63, 3.8) is 0 Å². The molecule has 10 atom stereocenters. The fourth-order valence-electron chi connectivity index (χ4n) is 10.7. The Labute approximate surface area is 379 Å². The fourth-order valence-corrected chi connectivity index (χ4v) is 11.0. The number of rotatable bonds is 6. The molecule has 2 aromatic heterocycles. The van der Waals surface area contributed by atoms with E-state index in [4.69, 9.17) is 32.7 Å². The number of hydrogen-bond acceptors (Lipinski definition) is 10. The lowest BCUT2D eigenvalue weighted by Gasteiger charge is -2.40. The molecule has 10 rings (SSSR count). The number of aliphatic carboxylic acids is 1. The number of nitrogens with zero attached hydrogens (tertiary/aromatic N) is 3. The van der Waals surface area contributed by atoms with Gasteiger partial charge in [-0.05, 0) is 36.1 Å². The van der Waals surface area contributed by atoms with Crippen molar-refractivity contribution in [2.24, 2.45) is 11.8 Å². The van der Waals surface area contributed by atoms with Crippen LogP contribution < -0.4 is 9.47 Å². The number of carboxylic acid groups (broad SMARTS) is 1. The third-order valence-corrected chi connectivity index (χ3v) is 13.9. The van der Waals surface area contributed by atoms with Crippen LogP contribution in [0.25, 0.3) is 0 Å². The van der Waals surface area contributed by atoms with Gasteiger partial charge in [-0.3, -0.25) is 19.6 Å². The highest BCUT2D eigenvalue weighted by atomic mass is 35.5. The van der Waals surface area contributed by atoms with E-state index in [0.717, 1.165) is 16.7 Å². The summed E-state index contributed by atoms with van der Waals surface area (Å²) in [6.45, 7) is 3.90. The van der Waals surface area contributed by atoms with E-state index in [0.29, 0.717) is 32.5 Å². The molecule has 2 saturated carbocycles. The number of fused-ring (bicyclic) bond motifs is 6. The van der Waals surface area contributed by atoms with Crippen LogP contribution in [0.3, 0.4) is 0 Å². The highest BCUT2D eigenvalue weighted by molar-refractivity contribution is 6.30. The molecule has 0 spiro atoms. The third kappa shape index (κ3) is 6.04. The van der Waals surface area contributed by atoms with Crippen molar-refractivity contribution < 1.29 is 44.6 Å². The molecule has 4 aromatic carbocycles. The van der Waals surface area contributed by atoms with Gasteiger partial charge in [-0.2, -0.15) is 0 Å². The first-order valence-corrected chi connectivity index (χ1v) is 21.5. The molecule has 4 heterocycles. The normalized spacial score (nSPS) is 30.4. The van der Waals surface area contributed by atoms with Gasteiger partial charge in [0.05, 0.1) is 21.9 Å². The summed E-state index contributed by atoms with van der Waals surface area (Å²) in [6.07, 6.45) is -0.385. The molecule has 6 aromatic rings. The standard InChI is InChI=1S/C26H25ClN2O4.C24H20ClNO5/c1-15-9-11-17(12-10-15)26-21(16-7-5-4-6-8-16)20(24(31)29(2)3)23(30)25(26,32)22-19(33-26)13-18(27)14-28-22;1-13-7-9-15(10-8-13)24-19(14-5-3-2-4-6-14)18(22(28)29)21(27)23(24,30)20-17(31-24)11-16(25)12-26-20/h4-14,20-21,23,30,32H,1-3H3;2-12,18-19,21,27,30H,1H3,(H,28,29)/t20-,21-,23-,25+,26+;18-,19-,21-,23+,24+/m11/s1. The largest absolute Gasteiger partial charge is 0.481 e. The minimum Gasteiger partial charge on any atom is -0.481 e. The first kappa shape index (κ1) is 43.4. The monoisotopic (exact) mass is 901 g/mol. The molecule has 2 aliphatic carbocycles. The number of carboxylic acids is 1. The Balaban J connectivity index is 0.000000162. The molecule has 0 saturated heterocycles. The number of aliphatic hydroxyl groups excluding tert-OH is 2. The maximum atomic E-state index is 13.5. The molecule has 328 valence electrons. The van der Waals surface area contributed by atoms with E-state index in [1.807, 2.05) is 86.6 Å². The van der Waals surface area contributed by atoms with E-state index in [1.54, 1.807) is 56.6 Å². The molecular weight excluding hydrogens is 857 g/mol. The lowest BCUT2D eigenvalue weighted by atomic mass is 9.71. The molecule has 0 radical (unpaired) electrons. The van der Waals surface area contributed by atoms with Gasteiger partial charge in [0.15, 0.2) is 22.4 Å². The Morgan fingerprint density at radius 3 is 1.36 bits per heavy atom. The fraction of sp³-hybridized carbons (Fsp3) is 0.280. The maximum Gasteiger partial charge on any atom is 0.310 e. The summed E-state index contributed by atoms with van der Waals surface area (Å²) >= 11 is 12.3. The number of carbonyl (C=O) groups excluding carboxylic acids is 1. The van der Waals surface area contributed by atoms with Crippen LogP contribution in [0.2, 0.25) is 10.0 Å². The van der Waals surface area contributed by atoms with Gasteiger partial charge in [0.25, 0.3) is 0 Å². The smallest absolute Gasteiger partial charge is 0.310 e. The van der Waals surface area contributed by atoms with Crippen molar-refractivity contribution in [1.29, 1.82) is 0 Å². The van der Waals surface area contributed by atoms with E-state index in [9.17, 15) is 35.1 Å². The summed E-state index contributed by atoms with van der Waals surface area (Å²) in [5.74, 6) is -4.93. The molecule has 0 unspecified atom stereocenters. The van der Waals surface area contributed by atoms with E-state index < -0.39 is 64.3 Å². The molecule has 64 heavy (non-hydrogen) atoms. The number of halogens is 2. The van der Waals surface area contributed by atoms with E-state index in [2.05, 4.69) is 9.97 Å². The Morgan fingerprint density at radius 2 is 0.984 bits per heavy atom. The topological polar surface area (TPSA) is 183 Å². The average molecular weight is 903 g/mol. The summed E-state index contributed by atoms with van der Waals surface area (Å²) in [5.41, 5.74) is -2.34. The van der Waals surface area contributed by atoms with Gasteiger partial charge in [-0.1, -0.05) is 144 Å². The molecule has 1 amide bonds. The number of benzene rings is 4. The molecule has 12 nitrogen and oxygen atoms in total. The predicted molar refractivity (Wildman–Crippen MR) is 237 cm³/mol. The van der Waals surface area contributed by atoms with Crippen LogP contribution in [0.4, 0.5) is 0 Å². The van der Waals surface area contributed by atoms with Crippen molar-refractivity contribution in [3.05, 3.63) is 189 Å². The zero-order chi connectivity index (χ0) is 45.5. The minimum absolute atomic E-state index is 0.0784. The average Bonchev–Trinajstić information content (AvgIpc) is 3.84. The SMILES string of the molecule is Cc1ccc([C@@]23Oc4cc(Cl)cnc4[C@]2(O)[C@H](O)[C@H](C(=O)N(C)C)[C@H]3c2ccccc2)cc1.Cc1ccc([C@@]23Oc4cc(Cl)cnc4[C@]2(O)[C@H](O)[C@H](C(=O)O)[C@H]3c2ccccc2)cc1. The zero-order valence-corrected chi connectivity index (χ0v) is 36.6. The van der Waals surface area contributed by atoms with Crippen LogP contribution in [0, 0.1) is 25.7 Å². The summed E-state index contributed by atoms with van der Waals surface area (Å²) in [5, 5.41) is 58.3. The van der Waals surface area contributed by atoms with E-state index >= 15 is 0 Å². The zero-order valence-electron chi connectivity index (χ0n) is 35.1. The molecule has 5 N–H and O–H groups in total. The summed E-state index contributed by atoms with van der Waals surface area (Å²) in [4.78, 5) is 36.0. The van der Waals surface area contributed by atoms with Gasteiger partial charge >= 0.3 is 5.97 Å². The predicted octanol–water partition coefficient (Wildman–Crippen LogP) is 6.76. The van der Waals surface area contributed by atoms with Gasteiger partial charge in [0.2, 0.25) is 5.91 Å². The van der Waals surface area contributed by atoms with Gasteiger partial charge in [0, 0.05) is 50.5 Å². The maximum absolute atomic E-state index is 13.5. The quantitative estimate of drug-likeness (QED) is 0.119. The number of aromatic nitrogens is 2. The van der Waals surface area contributed by atoms with Crippen LogP contribution in [-0.2, 0) is 32.0 Å². The van der Waals surface area contributed by atoms with Crippen LogP contribution >= 0.6 is 23.2 Å². The van der Waals surface area contributed by atoms with Crippen molar-refractivity contribution in [2.45, 2.75) is 60.3 Å². The van der Waals surface area contributed by atoms with E-state index in [1.165, 1.54) is 23.4 Å². The minimum atomic E-state index is -2.11. The third-order valence-electron chi connectivity index (χ3n) is 13.5.